The van der Waals surface area contributed by atoms with Crippen LogP contribution in [-0.2, 0) is 9.84 Å². The number of hydrogen-bond acceptors (Lipinski definition) is 4. The second kappa shape index (κ2) is 7.20. The van der Waals surface area contributed by atoms with Gasteiger partial charge in [-0.1, -0.05) is 24.6 Å². The van der Waals surface area contributed by atoms with Gasteiger partial charge in [0.15, 0.2) is 9.84 Å². The lowest BCUT2D eigenvalue weighted by Gasteiger charge is -2.17. The van der Waals surface area contributed by atoms with Crippen LogP contribution < -0.4 is 11.1 Å². The minimum Gasteiger partial charge on any atom is -0.317 e. The first-order valence-corrected chi connectivity index (χ1v) is 8.63. The number of hydrogen-bond donors (Lipinski definition) is 2. The van der Waals surface area contributed by atoms with E-state index >= 15 is 0 Å². The minimum atomic E-state index is -3.45. The smallest absolute Gasteiger partial charge is 0.194 e. The molecule has 3 N–H and O–H groups in total. The van der Waals surface area contributed by atoms with Crippen molar-refractivity contribution in [3.63, 3.8) is 0 Å². The fourth-order valence-corrected chi connectivity index (χ4v) is 4.32. The number of nitrogens with one attached hydrogen (secondary N) is 1. The zero-order chi connectivity index (χ0) is 15.3. The molecule has 0 bridgehead atoms. The maximum atomic E-state index is 12.6. The van der Waals surface area contributed by atoms with Crippen molar-refractivity contribution in [2.24, 2.45) is 5.73 Å². The Bertz CT molecular complexity index is 530. The van der Waals surface area contributed by atoms with E-state index in [1.54, 1.807) is 0 Å². The molecule has 0 spiro atoms. The summed E-state index contributed by atoms with van der Waals surface area (Å²) in [6.45, 7) is 9.34. The molecule has 4 nitrogen and oxygen atoms in total. The van der Waals surface area contributed by atoms with Gasteiger partial charge in [0.1, 0.15) is 5.37 Å². The lowest BCUT2D eigenvalue weighted by molar-refractivity contribution is 0.560. The van der Waals surface area contributed by atoms with Crippen molar-refractivity contribution in [1.29, 1.82) is 0 Å². The summed E-state index contributed by atoms with van der Waals surface area (Å²) in [4.78, 5) is 0.402. The zero-order valence-electron chi connectivity index (χ0n) is 12.9. The summed E-state index contributed by atoms with van der Waals surface area (Å²) in [5, 5.41) is 2.34. The van der Waals surface area contributed by atoms with Gasteiger partial charge in [0.25, 0.3) is 0 Å². The van der Waals surface area contributed by atoms with Crippen LogP contribution in [0.15, 0.2) is 17.0 Å². The van der Waals surface area contributed by atoms with Crippen molar-refractivity contribution in [3.8, 4) is 0 Å². The topological polar surface area (TPSA) is 72.2 Å². The Hall–Kier alpha value is -0.910. The van der Waals surface area contributed by atoms with Gasteiger partial charge in [-0.15, -0.1) is 0 Å². The third-order valence-electron chi connectivity index (χ3n) is 3.38. The summed E-state index contributed by atoms with van der Waals surface area (Å²) in [7, 11) is -3.45. The molecule has 0 saturated carbocycles. The summed E-state index contributed by atoms with van der Waals surface area (Å²) < 4.78 is 25.2. The maximum Gasteiger partial charge on any atom is 0.194 e. The summed E-state index contributed by atoms with van der Waals surface area (Å²) in [6, 6.07) is 3.79. The molecule has 0 aliphatic carbocycles. The van der Waals surface area contributed by atoms with Crippen molar-refractivity contribution in [2.75, 3.05) is 13.1 Å². The fraction of sp³-hybridized carbons (Fsp3) is 0.600. The predicted octanol–water partition coefficient (Wildman–Crippen LogP) is 2.06. The fourth-order valence-electron chi connectivity index (χ4n) is 2.53. The summed E-state index contributed by atoms with van der Waals surface area (Å²) in [6.07, 6.45) is 1.24. The van der Waals surface area contributed by atoms with Gasteiger partial charge in [-0.3, -0.25) is 0 Å². The van der Waals surface area contributed by atoms with Gasteiger partial charge < -0.3 is 11.1 Å². The Morgan fingerprint density at radius 1 is 1.20 bits per heavy atom. The van der Waals surface area contributed by atoms with Crippen LogP contribution in [0.1, 0.15) is 36.5 Å². The maximum absolute atomic E-state index is 12.6. The highest BCUT2D eigenvalue weighted by atomic mass is 32.2. The molecule has 0 heterocycles. The van der Waals surface area contributed by atoms with E-state index in [0.717, 1.165) is 36.2 Å². The Balaban J connectivity index is 2.93. The average Bonchev–Trinajstić information content (AvgIpc) is 2.32. The third kappa shape index (κ3) is 4.04. The molecule has 0 aromatic heterocycles. The largest absolute Gasteiger partial charge is 0.317 e. The molecule has 1 unspecified atom stereocenters. The first kappa shape index (κ1) is 17.1. The Kier molecular flexibility index (Phi) is 6.17. The van der Waals surface area contributed by atoms with Crippen molar-refractivity contribution in [3.05, 3.63) is 28.8 Å². The molecule has 114 valence electrons. The lowest BCUT2D eigenvalue weighted by atomic mass is 10.1. The number of benzene rings is 1. The first-order valence-electron chi connectivity index (χ1n) is 7.08. The standard InChI is InChI=1S/C15H26N2O2S/c1-5-17-8-6-7-14(16)20(18,19)15-12(3)9-11(2)10-13(15)4/h9-10,14,17H,5-8,16H2,1-4H3. The van der Waals surface area contributed by atoms with Crippen molar-refractivity contribution < 1.29 is 8.42 Å². The molecule has 0 amide bonds. The predicted molar refractivity (Wildman–Crippen MR) is 83.6 cm³/mol. The normalized spacial score (nSPS) is 13.4. The average molecular weight is 298 g/mol. The molecule has 1 aromatic carbocycles. The van der Waals surface area contributed by atoms with Gasteiger partial charge in [-0.05, 0) is 57.8 Å². The Labute approximate surface area is 122 Å². The molecule has 0 aliphatic rings. The molecular formula is C15H26N2O2S. The molecule has 0 fully saturated rings. The Morgan fingerprint density at radius 2 is 1.75 bits per heavy atom. The van der Waals surface area contributed by atoms with E-state index in [0.29, 0.717) is 11.3 Å². The second-order valence-corrected chi connectivity index (χ2v) is 7.41. The van der Waals surface area contributed by atoms with E-state index in [2.05, 4.69) is 5.32 Å². The van der Waals surface area contributed by atoms with Gasteiger partial charge in [-0.2, -0.15) is 0 Å². The van der Waals surface area contributed by atoms with Gasteiger partial charge in [0.2, 0.25) is 0 Å². The van der Waals surface area contributed by atoms with Crippen molar-refractivity contribution in [2.45, 2.75) is 50.8 Å². The van der Waals surface area contributed by atoms with E-state index in [4.69, 9.17) is 5.73 Å². The van der Waals surface area contributed by atoms with E-state index in [9.17, 15) is 8.42 Å². The SMILES string of the molecule is CCNCCCC(N)S(=O)(=O)c1c(C)cc(C)cc1C. The van der Waals surface area contributed by atoms with E-state index in [-0.39, 0.29) is 0 Å². The summed E-state index contributed by atoms with van der Waals surface area (Å²) in [5.41, 5.74) is 8.56. The molecule has 1 aromatic rings. The number of nitrogens with two attached hydrogens (primary N) is 1. The molecule has 1 rings (SSSR count). The molecule has 0 radical (unpaired) electrons. The first-order chi connectivity index (χ1) is 9.30. The highest BCUT2D eigenvalue weighted by molar-refractivity contribution is 7.92. The van der Waals surface area contributed by atoms with E-state index in [1.165, 1.54) is 0 Å². The van der Waals surface area contributed by atoms with Crippen LogP contribution in [0.3, 0.4) is 0 Å². The van der Waals surface area contributed by atoms with Crippen molar-refractivity contribution >= 4 is 9.84 Å². The van der Waals surface area contributed by atoms with Crippen LogP contribution in [0.5, 0.6) is 0 Å². The van der Waals surface area contributed by atoms with Crippen LogP contribution in [0.2, 0.25) is 0 Å². The van der Waals surface area contributed by atoms with Crippen LogP contribution in [0, 0.1) is 20.8 Å². The molecular weight excluding hydrogens is 272 g/mol. The minimum absolute atomic E-state index is 0.402. The molecule has 0 saturated heterocycles. The zero-order valence-corrected chi connectivity index (χ0v) is 13.7. The van der Waals surface area contributed by atoms with E-state index < -0.39 is 15.2 Å². The van der Waals surface area contributed by atoms with Crippen LogP contribution in [0.25, 0.3) is 0 Å². The highest BCUT2D eigenvalue weighted by Crippen LogP contribution is 2.25. The van der Waals surface area contributed by atoms with Gasteiger partial charge >= 0.3 is 0 Å². The van der Waals surface area contributed by atoms with Crippen molar-refractivity contribution in [1.82, 2.24) is 5.32 Å². The van der Waals surface area contributed by atoms with Crippen LogP contribution in [0.4, 0.5) is 0 Å². The van der Waals surface area contributed by atoms with Crippen LogP contribution >= 0.6 is 0 Å². The Morgan fingerprint density at radius 3 is 2.25 bits per heavy atom. The second-order valence-electron chi connectivity index (χ2n) is 5.31. The quantitative estimate of drug-likeness (QED) is 0.756. The molecule has 0 aliphatic heterocycles. The number of rotatable bonds is 7. The van der Waals surface area contributed by atoms with Crippen LogP contribution in [-0.4, -0.2) is 26.9 Å². The van der Waals surface area contributed by atoms with Gasteiger partial charge in [-0.25, -0.2) is 8.42 Å². The summed E-state index contributed by atoms with van der Waals surface area (Å²) >= 11 is 0. The third-order valence-corrected chi connectivity index (χ3v) is 5.63. The number of aryl methyl sites for hydroxylation is 3. The monoisotopic (exact) mass is 298 g/mol. The van der Waals surface area contributed by atoms with Gasteiger partial charge in [0, 0.05) is 0 Å². The molecule has 1 atom stereocenters. The molecule has 5 heteroatoms. The lowest BCUT2D eigenvalue weighted by Crippen LogP contribution is -2.32. The van der Waals surface area contributed by atoms with E-state index in [1.807, 2.05) is 39.8 Å². The number of sulfone groups is 1. The highest BCUT2D eigenvalue weighted by Gasteiger charge is 2.26. The summed E-state index contributed by atoms with van der Waals surface area (Å²) in [5.74, 6) is 0. The van der Waals surface area contributed by atoms with Gasteiger partial charge in [0.05, 0.1) is 4.90 Å². The molecule has 20 heavy (non-hydrogen) atoms.